The van der Waals surface area contributed by atoms with Crippen LogP contribution in [0.5, 0.6) is 11.5 Å². The first kappa shape index (κ1) is 19.9. The molecule has 1 unspecified atom stereocenters. The monoisotopic (exact) mass is 391 g/mol. The SMILES string of the molecule is CC[C@@H](C)[C@@H](CO)NC(=O)CC1NC(=O)N(Cc2ccc3c(c2)OCO3)C1=O. The summed E-state index contributed by atoms with van der Waals surface area (Å²) in [5.41, 5.74) is 0.718. The fourth-order valence-electron chi connectivity index (χ4n) is 3.19. The second-order valence-electron chi connectivity index (χ2n) is 7.06. The highest BCUT2D eigenvalue weighted by Crippen LogP contribution is 2.33. The highest BCUT2D eigenvalue weighted by Gasteiger charge is 2.39. The number of aliphatic hydroxyl groups excluding tert-OH is 1. The topological polar surface area (TPSA) is 117 Å². The lowest BCUT2D eigenvalue weighted by atomic mass is 9.99. The van der Waals surface area contributed by atoms with Crippen molar-refractivity contribution in [3.63, 3.8) is 0 Å². The third-order valence-corrected chi connectivity index (χ3v) is 5.15. The van der Waals surface area contributed by atoms with E-state index < -0.39 is 18.0 Å². The number of carbonyl (C=O) groups is 3. The van der Waals surface area contributed by atoms with Gasteiger partial charge in [-0.15, -0.1) is 0 Å². The summed E-state index contributed by atoms with van der Waals surface area (Å²) < 4.78 is 10.6. The predicted molar refractivity (Wildman–Crippen MR) is 98.5 cm³/mol. The molecule has 2 heterocycles. The number of rotatable bonds is 8. The summed E-state index contributed by atoms with van der Waals surface area (Å²) in [5.74, 6) is 0.450. The maximum Gasteiger partial charge on any atom is 0.325 e. The zero-order chi connectivity index (χ0) is 20.3. The van der Waals surface area contributed by atoms with Crippen LogP contribution in [0.3, 0.4) is 0 Å². The average Bonchev–Trinajstić information content (AvgIpc) is 3.25. The number of carbonyl (C=O) groups excluding carboxylic acids is 3. The number of aliphatic hydroxyl groups is 1. The lowest BCUT2D eigenvalue weighted by Crippen LogP contribution is -2.44. The smallest absolute Gasteiger partial charge is 0.325 e. The van der Waals surface area contributed by atoms with Crippen molar-refractivity contribution >= 4 is 17.8 Å². The van der Waals surface area contributed by atoms with Gasteiger partial charge in [-0.3, -0.25) is 14.5 Å². The third kappa shape index (κ3) is 4.19. The Bertz CT molecular complexity index is 768. The summed E-state index contributed by atoms with van der Waals surface area (Å²) >= 11 is 0. The number of fused-ring (bicyclic) bond motifs is 1. The number of hydrogen-bond donors (Lipinski definition) is 3. The van der Waals surface area contributed by atoms with Crippen molar-refractivity contribution in [2.75, 3.05) is 13.4 Å². The lowest BCUT2D eigenvalue weighted by Gasteiger charge is -2.22. The Labute approximate surface area is 163 Å². The predicted octanol–water partition coefficient (Wildman–Crippen LogP) is 0.749. The van der Waals surface area contributed by atoms with Gasteiger partial charge in [-0.1, -0.05) is 26.3 Å². The number of hydrogen-bond acceptors (Lipinski definition) is 6. The maximum absolute atomic E-state index is 12.6. The molecule has 2 aliphatic heterocycles. The van der Waals surface area contributed by atoms with Gasteiger partial charge < -0.3 is 25.2 Å². The number of amides is 4. The number of ether oxygens (including phenoxy) is 2. The van der Waals surface area contributed by atoms with E-state index in [1.807, 2.05) is 13.8 Å². The molecule has 3 rings (SSSR count). The first-order valence-corrected chi connectivity index (χ1v) is 9.33. The largest absolute Gasteiger partial charge is 0.454 e. The molecule has 4 amide bonds. The standard InChI is InChI=1S/C19H25N3O6/c1-3-11(2)14(9-23)20-17(24)7-13-18(25)22(19(26)21-13)8-12-4-5-15-16(6-12)28-10-27-15/h4-6,11,13-14,23H,3,7-10H2,1-2H3,(H,20,24)(H,21,26)/t11-,13?,14-/m1/s1. The molecule has 3 atom stereocenters. The number of nitrogens with zero attached hydrogens (tertiary/aromatic N) is 1. The van der Waals surface area contributed by atoms with E-state index in [4.69, 9.17) is 9.47 Å². The molecule has 0 saturated carbocycles. The van der Waals surface area contributed by atoms with E-state index >= 15 is 0 Å². The van der Waals surface area contributed by atoms with Crippen molar-refractivity contribution in [2.45, 2.75) is 45.3 Å². The van der Waals surface area contributed by atoms with Gasteiger partial charge in [0.1, 0.15) is 6.04 Å². The molecular formula is C19H25N3O6. The van der Waals surface area contributed by atoms with Crippen LogP contribution in [0.25, 0.3) is 0 Å². The molecule has 2 aliphatic rings. The molecule has 1 saturated heterocycles. The fourth-order valence-corrected chi connectivity index (χ4v) is 3.19. The minimum Gasteiger partial charge on any atom is -0.454 e. The van der Waals surface area contributed by atoms with E-state index in [2.05, 4.69) is 10.6 Å². The van der Waals surface area contributed by atoms with Crippen LogP contribution in [-0.2, 0) is 16.1 Å². The van der Waals surface area contributed by atoms with Crippen molar-refractivity contribution in [3.05, 3.63) is 23.8 Å². The molecule has 9 nitrogen and oxygen atoms in total. The van der Waals surface area contributed by atoms with Crippen LogP contribution in [0.1, 0.15) is 32.3 Å². The van der Waals surface area contributed by atoms with E-state index in [0.29, 0.717) is 11.5 Å². The summed E-state index contributed by atoms with van der Waals surface area (Å²) in [6.07, 6.45) is 0.628. The van der Waals surface area contributed by atoms with Crippen molar-refractivity contribution in [1.82, 2.24) is 15.5 Å². The maximum atomic E-state index is 12.6. The molecule has 28 heavy (non-hydrogen) atoms. The highest BCUT2D eigenvalue weighted by atomic mass is 16.7. The van der Waals surface area contributed by atoms with Crippen LogP contribution in [0, 0.1) is 5.92 Å². The normalized spacial score (nSPS) is 20.1. The molecule has 0 spiro atoms. The van der Waals surface area contributed by atoms with Crippen LogP contribution < -0.4 is 20.1 Å². The number of nitrogens with one attached hydrogen (secondary N) is 2. The van der Waals surface area contributed by atoms with Crippen LogP contribution in [0.2, 0.25) is 0 Å². The Kier molecular flexibility index (Phi) is 6.03. The summed E-state index contributed by atoms with van der Waals surface area (Å²) in [5, 5.41) is 14.7. The minimum absolute atomic E-state index is 0.0750. The van der Waals surface area contributed by atoms with E-state index in [0.717, 1.165) is 16.9 Å². The molecule has 0 aromatic heterocycles. The number of imide groups is 1. The number of benzene rings is 1. The van der Waals surface area contributed by atoms with Gasteiger partial charge in [0.25, 0.3) is 5.91 Å². The second-order valence-corrected chi connectivity index (χ2v) is 7.06. The van der Waals surface area contributed by atoms with Crippen LogP contribution in [0.15, 0.2) is 18.2 Å². The van der Waals surface area contributed by atoms with Gasteiger partial charge in [-0.05, 0) is 23.6 Å². The van der Waals surface area contributed by atoms with Gasteiger partial charge in [0.2, 0.25) is 12.7 Å². The van der Waals surface area contributed by atoms with Gasteiger partial charge in [0.05, 0.1) is 25.6 Å². The Hall–Kier alpha value is -2.81. The lowest BCUT2D eigenvalue weighted by molar-refractivity contribution is -0.131. The number of urea groups is 1. The molecule has 152 valence electrons. The summed E-state index contributed by atoms with van der Waals surface area (Å²) in [6.45, 7) is 3.93. The van der Waals surface area contributed by atoms with Crippen LogP contribution in [-0.4, -0.2) is 53.3 Å². The van der Waals surface area contributed by atoms with Crippen molar-refractivity contribution in [1.29, 1.82) is 0 Å². The Morgan fingerprint density at radius 1 is 1.36 bits per heavy atom. The molecule has 0 aliphatic carbocycles. The fraction of sp³-hybridized carbons (Fsp3) is 0.526. The van der Waals surface area contributed by atoms with E-state index in [-0.39, 0.29) is 44.2 Å². The highest BCUT2D eigenvalue weighted by molar-refractivity contribution is 6.05. The molecule has 0 bridgehead atoms. The van der Waals surface area contributed by atoms with E-state index in [9.17, 15) is 19.5 Å². The third-order valence-electron chi connectivity index (χ3n) is 5.15. The first-order valence-electron chi connectivity index (χ1n) is 9.33. The Morgan fingerprint density at radius 3 is 2.82 bits per heavy atom. The summed E-state index contributed by atoms with van der Waals surface area (Å²) in [6, 6.07) is 3.37. The van der Waals surface area contributed by atoms with Gasteiger partial charge in [-0.2, -0.15) is 0 Å². The van der Waals surface area contributed by atoms with Crippen molar-refractivity contribution in [2.24, 2.45) is 5.92 Å². The molecule has 1 fully saturated rings. The molecule has 3 N–H and O–H groups in total. The molecule has 1 aromatic carbocycles. The first-order chi connectivity index (χ1) is 13.4. The zero-order valence-corrected chi connectivity index (χ0v) is 15.9. The summed E-state index contributed by atoms with van der Waals surface area (Å²) in [4.78, 5) is 38.1. The van der Waals surface area contributed by atoms with Crippen LogP contribution >= 0.6 is 0 Å². The zero-order valence-electron chi connectivity index (χ0n) is 15.9. The van der Waals surface area contributed by atoms with Crippen LogP contribution in [0.4, 0.5) is 4.79 Å². The molecule has 1 aromatic rings. The Morgan fingerprint density at radius 2 is 2.11 bits per heavy atom. The second kappa shape index (κ2) is 8.47. The van der Waals surface area contributed by atoms with Gasteiger partial charge >= 0.3 is 6.03 Å². The minimum atomic E-state index is -0.919. The van der Waals surface area contributed by atoms with E-state index in [1.165, 1.54) is 0 Å². The molecule has 0 radical (unpaired) electrons. The van der Waals surface area contributed by atoms with Crippen molar-refractivity contribution in [3.8, 4) is 11.5 Å². The van der Waals surface area contributed by atoms with Gasteiger partial charge in [-0.25, -0.2) is 4.79 Å². The van der Waals surface area contributed by atoms with Gasteiger partial charge in [0, 0.05) is 0 Å². The quantitative estimate of drug-likeness (QED) is 0.563. The van der Waals surface area contributed by atoms with E-state index in [1.54, 1.807) is 18.2 Å². The average molecular weight is 391 g/mol. The summed E-state index contributed by atoms with van der Waals surface area (Å²) in [7, 11) is 0. The Balaban J connectivity index is 1.59. The van der Waals surface area contributed by atoms with Gasteiger partial charge in [0.15, 0.2) is 11.5 Å². The van der Waals surface area contributed by atoms with Crippen molar-refractivity contribution < 1.29 is 29.0 Å². The molecule has 9 heteroatoms. The molecular weight excluding hydrogens is 366 g/mol.